The summed E-state index contributed by atoms with van der Waals surface area (Å²) in [4.78, 5) is 19.5. The van der Waals surface area contributed by atoms with Gasteiger partial charge in [0.25, 0.3) is 5.91 Å². The normalized spacial score (nSPS) is 20.2. The summed E-state index contributed by atoms with van der Waals surface area (Å²) >= 11 is 0. The third-order valence-corrected chi connectivity index (χ3v) is 6.88. The van der Waals surface area contributed by atoms with Gasteiger partial charge in [0.15, 0.2) is 0 Å². The van der Waals surface area contributed by atoms with Crippen LogP contribution < -0.4 is 10.8 Å². The predicted octanol–water partition coefficient (Wildman–Crippen LogP) is 3.36. The van der Waals surface area contributed by atoms with Gasteiger partial charge in [-0.3, -0.25) is 9.78 Å². The first kappa shape index (κ1) is 24.1. The fraction of sp³-hybridized carbons (Fsp3) is 0.400. The lowest BCUT2D eigenvalue weighted by Gasteiger charge is -2.32. The number of pyridine rings is 1. The average molecular weight is 464 g/mol. The number of rotatable bonds is 6. The van der Waals surface area contributed by atoms with Crippen LogP contribution in [-0.4, -0.2) is 46.9 Å². The van der Waals surface area contributed by atoms with Crippen LogP contribution in [0.15, 0.2) is 48.4 Å². The number of allylic oxidation sites excluding steroid dienone is 1. The summed E-state index contributed by atoms with van der Waals surface area (Å²) in [5, 5.41) is 11.1. The molecule has 178 valence electrons. The van der Waals surface area contributed by atoms with E-state index in [1.165, 1.54) is 12.1 Å². The lowest BCUT2D eigenvalue weighted by molar-refractivity contribution is 0.00578. The molecule has 2 aliphatic rings. The van der Waals surface area contributed by atoms with Crippen molar-refractivity contribution in [3.05, 3.63) is 71.1 Å². The van der Waals surface area contributed by atoms with E-state index in [0.29, 0.717) is 29.7 Å². The molecule has 1 aromatic heterocycles. The molecule has 34 heavy (non-hydrogen) atoms. The van der Waals surface area contributed by atoms with Crippen LogP contribution in [-0.2, 0) is 15.7 Å². The number of hydrogen-bond acceptors (Lipinski definition) is 6. The zero-order chi connectivity index (χ0) is 24.7. The van der Waals surface area contributed by atoms with Crippen LogP contribution in [0.4, 0.5) is 4.39 Å². The van der Waals surface area contributed by atoms with Crippen molar-refractivity contribution in [2.75, 3.05) is 6.54 Å². The molecule has 1 aromatic carbocycles. The first-order chi connectivity index (χ1) is 16.0. The molecule has 0 aliphatic carbocycles. The third kappa shape index (κ3) is 4.50. The zero-order valence-electron chi connectivity index (χ0n) is 20.2. The van der Waals surface area contributed by atoms with Crippen LogP contribution in [0.25, 0.3) is 0 Å². The fourth-order valence-corrected chi connectivity index (χ4v) is 3.97. The Balaban J connectivity index is 1.53. The molecule has 2 aliphatic heterocycles. The van der Waals surface area contributed by atoms with Gasteiger partial charge in [-0.2, -0.15) is 0 Å². The van der Waals surface area contributed by atoms with Gasteiger partial charge in [-0.25, -0.2) is 4.39 Å². The minimum atomic E-state index is -0.609. The van der Waals surface area contributed by atoms with Crippen molar-refractivity contribution in [3.8, 4) is 0 Å². The minimum Gasteiger partial charge on any atom is -0.399 e. The molecule has 1 atom stereocenters. The van der Waals surface area contributed by atoms with Crippen LogP contribution in [0.5, 0.6) is 0 Å². The standard InChI is InChI=1S/C25H30BFN4O3/c1-16(17-6-8-19(27)9-7-17)29-15-20(13-28)31-11-10-22-21(23(31)32)12-18(14-30-22)26-33-24(2,3)25(4,5)34-26/h6-9,12-16,28-29H,10-11H2,1-5H3/b20-15+,28-13?. The second-order valence-electron chi connectivity index (χ2n) is 9.71. The van der Waals surface area contributed by atoms with Crippen LogP contribution >= 0.6 is 0 Å². The molecule has 4 rings (SSSR count). The summed E-state index contributed by atoms with van der Waals surface area (Å²) in [6.07, 6.45) is 5.08. The van der Waals surface area contributed by atoms with Gasteiger partial charge in [-0.05, 0) is 58.4 Å². The number of amides is 1. The number of fused-ring (bicyclic) bond motifs is 1. The van der Waals surface area contributed by atoms with Crippen molar-refractivity contribution in [1.82, 2.24) is 15.2 Å². The lowest BCUT2D eigenvalue weighted by atomic mass is 9.79. The highest BCUT2D eigenvalue weighted by molar-refractivity contribution is 6.62. The minimum absolute atomic E-state index is 0.126. The van der Waals surface area contributed by atoms with E-state index in [4.69, 9.17) is 14.7 Å². The molecule has 2 N–H and O–H groups in total. The van der Waals surface area contributed by atoms with Crippen molar-refractivity contribution >= 4 is 24.7 Å². The number of nitrogens with one attached hydrogen (secondary N) is 2. The van der Waals surface area contributed by atoms with Gasteiger partial charge in [0.05, 0.1) is 28.2 Å². The van der Waals surface area contributed by atoms with Crippen molar-refractivity contribution in [2.24, 2.45) is 0 Å². The molecule has 9 heteroatoms. The molecule has 1 saturated heterocycles. The van der Waals surface area contributed by atoms with E-state index in [1.807, 2.05) is 34.6 Å². The topological polar surface area (TPSA) is 87.5 Å². The summed E-state index contributed by atoms with van der Waals surface area (Å²) in [5.74, 6) is -0.518. The van der Waals surface area contributed by atoms with Gasteiger partial charge in [0, 0.05) is 43.1 Å². The maximum absolute atomic E-state index is 13.4. The first-order valence-corrected chi connectivity index (χ1v) is 11.4. The Hall–Kier alpha value is -3.04. The van der Waals surface area contributed by atoms with Crippen molar-refractivity contribution in [1.29, 1.82) is 5.41 Å². The van der Waals surface area contributed by atoms with Crippen LogP contribution in [0, 0.1) is 11.2 Å². The SMILES string of the molecule is CC(N/C=C(\C=N)N1CCc2ncc(B3OC(C)(C)C(C)(C)O3)cc2C1=O)c1ccc(F)cc1. The molecule has 3 heterocycles. The Morgan fingerprint density at radius 2 is 1.88 bits per heavy atom. The van der Waals surface area contributed by atoms with E-state index >= 15 is 0 Å². The van der Waals surface area contributed by atoms with Crippen molar-refractivity contribution in [3.63, 3.8) is 0 Å². The Labute approximate surface area is 200 Å². The molecule has 1 unspecified atom stereocenters. The average Bonchev–Trinajstić information content (AvgIpc) is 3.02. The van der Waals surface area contributed by atoms with E-state index in [9.17, 15) is 9.18 Å². The largest absolute Gasteiger partial charge is 0.496 e. The zero-order valence-corrected chi connectivity index (χ0v) is 20.2. The number of benzene rings is 1. The van der Waals surface area contributed by atoms with E-state index in [1.54, 1.807) is 35.5 Å². The van der Waals surface area contributed by atoms with E-state index < -0.39 is 18.3 Å². The highest BCUT2D eigenvalue weighted by Gasteiger charge is 2.52. The van der Waals surface area contributed by atoms with Gasteiger partial charge in [0.1, 0.15) is 5.82 Å². The molecular weight excluding hydrogens is 434 g/mol. The molecule has 1 fully saturated rings. The van der Waals surface area contributed by atoms with Gasteiger partial charge in [-0.1, -0.05) is 12.1 Å². The number of nitrogens with zero attached hydrogens (tertiary/aromatic N) is 2. The number of halogens is 1. The van der Waals surface area contributed by atoms with Crippen LogP contribution in [0.1, 0.15) is 62.3 Å². The van der Waals surface area contributed by atoms with E-state index in [-0.39, 0.29) is 17.8 Å². The second kappa shape index (κ2) is 8.96. The van der Waals surface area contributed by atoms with E-state index in [2.05, 4.69) is 10.3 Å². The molecule has 1 amide bonds. The van der Waals surface area contributed by atoms with Gasteiger partial charge >= 0.3 is 7.12 Å². The van der Waals surface area contributed by atoms with Gasteiger partial charge in [-0.15, -0.1) is 0 Å². The summed E-state index contributed by atoms with van der Waals surface area (Å²) in [5.41, 5.74) is 2.24. The number of hydrogen-bond donors (Lipinski definition) is 2. The summed E-state index contributed by atoms with van der Waals surface area (Å²) in [6.45, 7) is 10.3. The molecule has 0 spiro atoms. The quantitative estimate of drug-likeness (QED) is 0.506. The van der Waals surface area contributed by atoms with Crippen LogP contribution in [0.3, 0.4) is 0 Å². The molecular formula is C25H30BFN4O3. The molecule has 7 nitrogen and oxygen atoms in total. The second-order valence-corrected chi connectivity index (χ2v) is 9.71. The smallest absolute Gasteiger partial charge is 0.399 e. The molecule has 0 saturated carbocycles. The van der Waals surface area contributed by atoms with Crippen LogP contribution in [0.2, 0.25) is 0 Å². The van der Waals surface area contributed by atoms with E-state index in [0.717, 1.165) is 17.5 Å². The Morgan fingerprint density at radius 3 is 2.50 bits per heavy atom. The Kier molecular flexibility index (Phi) is 6.35. The highest BCUT2D eigenvalue weighted by Crippen LogP contribution is 2.36. The number of carbonyl (C=O) groups is 1. The Morgan fingerprint density at radius 1 is 1.24 bits per heavy atom. The molecule has 0 bridgehead atoms. The van der Waals surface area contributed by atoms with Crippen molar-refractivity contribution in [2.45, 2.75) is 58.3 Å². The fourth-order valence-electron chi connectivity index (χ4n) is 3.97. The summed E-state index contributed by atoms with van der Waals surface area (Å²) < 4.78 is 25.4. The van der Waals surface area contributed by atoms with Crippen molar-refractivity contribution < 1.29 is 18.5 Å². The van der Waals surface area contributed by atoms with Gasteiger partial charge < -0.3 is 24.9 Å². The molecule has 2 aromatic rings. The maximum Gasteiger partial charge on any atom is 0.496 e. The summed E-state index contributed by atoms with van der Waals surface area (Å²) in [6, 6.07) is 7.88. The van der Waals surface area contributed by atoms with Gasteiger partial charge in [0.2, 0.25) is 0 Å². The molecule has 0 radical (unpaired) electrons. The first-order valence-electron chi connectivity index (χ1n) is 11.4. The number of aromatic nitrogens is 1. The Bertz CT molecular complexity index is 1120. The highest BCUT2D eigenvalue weighted by atomic mass is 19.1. The summed E-state index contributed by atoms with van der Waals surface area (Å²) in [7, 11) is -0.609. The predicted molar refractivity (Wildman–Crippen MR) is 130 cm³/mol. The number of carbonyl (C=O) groups excluding carboxylic acids is 1. The lowest BCUT2D eigenvalue weighted by Crippen LogP contribution is -2.41. The third-order valence-electron chi connectivity index (χ3n) is 6.88. The maximum atomic E-state index is 13.4. The monoisotopic (exact) mass is 464 g/mol.